The number of aliphatic hydroxyl groups is 1. The van der Waals surface area contributed by atoms with Gasteiger partial charge in [0.15, 0.2) is 11.7 Å². The van der Waals surface area contributed by atoms with E-state index in [0.29, 0.717) is 42.6 Å². The van der Waals surface area contributed by atoms with Gasteiger partial charge in [-0.15, -0.1) is 0 Å². The number of rotatable bonds is 6. The summed E-state index contributed by atoms with van der Waals surface area (Å²) in [4.78, 5) is 39.4. The maximum atomic E-state index is 13.8. The Balaban J connectivity index is 1.09. The van der Waals surface area contributed by atoms with E-state index in [4.69, 9.17) is 18.9 Å². The van der Waals surface area contributed by atoms with Crippen LogP contribution in [0.4, 0.5) is 0 Å². The number of fused-ring (bicyclic) bond motifs is 4. The van der Waals surface area contributed by atoms with Crippen molar-refractivity contribution in [2.45, 2.75) is 94.9 Å². The molecule has 1 N–H and O–H groups in total. The third kappa shape index (κ3) is 3.38. The molecule has 6 aliphatic rings. The van der Waals surface area contributed by atoms with E-state index in [9.17, 15) is 19.5 Å². The van der Waals surface area contributed by atoms with Gasteiger partial charge in [-0.1, -0.05) is 50.6 Å². The first-order valence-electron chi connectivity index (χ1n) is 15.8. The third-order valence-corrected chi connectivity index (χ3v) is 12.2. The monoisotopic (exact) mass is 601 g/mol. The van der Waals surface area contributed by atoms with Crippen LogP contribution in [0, 0.1) is 24.2 Å². The summed E-state index contributed by atoms with van der Waals surface area (Å²) in [5.41, 5.74) is 0.797. The van der Waals surface area contributed by atoms with Gasteiger partial charge < -0.3 is 28.6 Å². The van der Waals surface area contributed by atoms with Crippen LogP contribution in [-0.4, -0.2) is 69.1 Å². The van der Waals surface area contributed by atoms with Gasteiger partial charge in [0.2, 0.25) is 5.78 Å². The molecule has 44 heavy (non-hydrogen) atoms. The second-order valence-corrected chi connectivity index (χ2v) is 14.4. The molecular formula is C35H39NO8. The average molecular weight is 602 g/mol. The molecule has 2 aromatic rings. The highest BCUT2D eigenvalue weighted by Crippen LogP contribution is 2.76. The fraction of sp³-hybridized carbons (Fsp3) is 0.571. The van der Waals surface area contributed by atoms with E-state index in [-0.39, 0.29) is 48.8 Å². The molecule has 0 radical (unpaired) electrons. The smallest absolute Gasteiger partial charge is 0.334 e. The maximum Gasteiger partial charge on any atom is 0.334 e. The summed E-state index contributed by atoms with van der Waals surface area (Å²) in [6, 6.07) is 11.0. The zero-order valence-corrected chi connectivity index (χ0v) is 25.8. The van der Waals surface area contributed by atoms with E-state index in [1.165, 1.54) is 0 Å². The van der Waals surface area contributed by atoms with Crippen molar-refractivity contribution in [2.24, 2.45) is 24.3 Å². The Labute approximate surface area is 256 Å². The predicted molar refractivity (Wildman–Crippen MR) is 157 cm³/mol. The summed E-state index contributed by atoms with van der Waals surface area (Å²) >= 11 is 0. The van der Waals surface area contributed by atoms with Crippen molar-refractivity contribution in [1.29, 1.82) is 0 Å². The number of hydrogen-bond donors (Lipinski definition) is 1. The Hall–Kier alpha value is -3.27. The van der Waals surface area contributed by atoms with Crippen LogP contribution >= 0.6 is 0 Å². The van der Waals surface area contributed by atoms with E-state index in [1.54, 1.807) is 23.7 Å². The molecule has 2 saturated carbocycles. The van der Waals surface area contributed by atoms with Crippen molar-refractivity contribution in [1.82, 2.24) is 4.57 Å². The molecule has 8 unspecified atom stereocenters. The van der Waals surface area contributed by atoms with Crippen molar-refractivity contribution in [3.8, 4) is 0 Å². The highest BCUT2D eigenvalue weighted by atomic mass is 16.7. The summed E-state index contributed by atoms with van der Waals surface area (Å²) < 4.78 is 26.6. The van der Waals surface area contributed by atoms with Crippen LogP contribution in [0.5, 0.6) is 0 Å². The van der Waals surface area contributed by atoms with Crippen molar-refractivity contribution in [3.63, 3.8) is 0 Å². The number of aromatic nitrogens is 1. The Bertz CT molecular complexity index is 1650. The Morgan fingerprint density at radius 1 is 1.11 bits per heavy atom. The molecule has 1 aromatic heterocycles. The van der Waals surface area contributed by atoms with Crippen LogP contribution in [0.3, 0.4) is 0 Å². The number of cyclic esters (lactones) is 1. The van der Waals surface area contributed by atoms with Crippen molar-refractivity contribution in [2.75, 3.05) is 6.61 Å². The van der Waals surface area contributed by atoms with Gasteiger partial charge in [-0.2, -0.15) is 0 Å². The molecule has 9 nitrogen and oxygen atoms in total. The highest BCUT2D eigenvalue weighted by molar-refractivity contribution is 6.08. The number of carbonyl (C=O) groups excluding carboxylic acids is 3. The van der Waals surface area contributed by atoms with Crippen LogP contribution in [0.15, 0.2) is 47.5 Å². The van der Waals surface area contributed by atoms with E-state index >= 15 is 0 Å². The van der Waals surface area contributed by atoms with Gasteiger partial charge in [0.25, 0.3) is 0 Å². The molecule has 0 amide bonds. The number of esters is 2. The molecule has 4 heterocycles. The van der Waals surface area contributed by atoms with Gasteiger partial charge in [-0.25, -0.2) is 4.79 Å². The van der Waals surface area contributed by atoms with Crippen LogP contribution in [-0.2, 0) is 42.0 Å². The van der Waals surface area contributed by atoms with Crippen molar-refractivity contribution in [3.05, 3.63) is 70.1 Å². The zero-order valence-electron chi connectivity index (χ0n) is 25.8. The van der Waals surface area contributed by atoms with Gasteiger partial charge in [0.05, 0.1) is 24.3 Å². The summed E-state index contributed by atoms with van der Waals surface area (Å²) in [6.07, 6.45) is 0.742. The van der Waals surface area contributed by atoms with Gasteiger partial charge in [-0.3, -0.25) is 9.59 Å². The van der Waals surface area contributed by atoms with E-state index < -0.39 is 34.3 Å². The van der Waals surface area contributed by atoms with Crippen LogP contribution in [0.2, 0.25) is 0 Å². The minimum Gasteiger partial charge on any atom is -0.458 e. The molecule has 0 bridgehead atoms. The van der Waals surface area contributed by atoms with Crippen molar-refractivity contribution >= 4 is 17.7 Å². The number of aryl methyl sites for hydroxylation is 1. The maximum absolute atomic E-state index is 13.8. The van der Waals surface area contributed by atoms with Gasteiger partial charge in [0, 0.05) is 35.7 Å². The minimum atomic E-state index is -1.32. The topological polar surface area (TPSA) is 120 Å². The molecule has 1 aromatic carbocycles. The van der Waals surface area contributed by atoms with Gasteiger partial charge in [0.1, 0.15) is 17.8 Å². The Morgan fingerprint density at radius 3 is 2.59 bits per heavy atom. The number of ether oxygens (including phenoxy) is 4. The molecule has 8 rings (SSSR count). The lowest BCUT2D eigenvalue weighted by atomic mass is 9.44. The molecular weight excluding hydrogens is 562 g/mol. The third-order valence-electron chi connectivity index (χ3n) is 12.2. The molecule has 8 atom stereocenters. The normalized spacial score (nSPS) is 39.5. The molecule has 1 spiro atoms. The first-order chi connectivity index (χ1) is 20.9. The first kappa shape index (κ1) is 28.2. The van der Waals surface area contributed by atoms with E-state index in [2.05, 4.69) is 20.8 Å². The predicted octanol–water partition coefficient (Wildman–Crippen LogP) is 3.76. The fourth-order valence-corrected chi connectivity index (χ4v) is 9.52. The SMILES string of the molecule is Cc1ccc(C(=O)c2ccc(CC(=O)OC3C4(C(C)C)OC4CC4(O)C5(C)CCC6=C(COC6=O)C5CC5OC534)n2C)cc1. The second-order valence-electron chi connectivity index (χ2n) is 14.4. The Kier molecular flexibility index (Phi) is 5.72. The largest absolute Gasteiger partial charge is 0.458 e. The van der Waals surface area contributed by atoms with Gasteiger partial charge in [-0.05, 0) is 55.7 Å². The van der Waals surface area contributed by atoms with Gasteiger partial charge >= 0.3 is 11.9 Å². The summed E-state index contributed by atoms with van der Waals surface area (Å²) in [7, 11) is 1.78. The average Bonchev–Trinajstić information content (AvgIpc) is 3.82. The number of ketones is 1. The van der Waals surface area contributed by atoms with Crippen LogP contribution < -0.4 is 0 Å². The molecule has 2 saturated heterocycles. The number of nitrogens with zero attached hydrogens (tertiary/aromatic N) is 1. The lowest BCUT2D eigenvalue weighted by molar-refractivity contribution is -0.222. The molecule has 3 aliphatic heterocycles. The number of epoxide rings is 2. The van der Waals surface area contributed by atoms with E-state index in [0.717, 1.165) is 16.7 Å². The standard InChI is InChI=1S/C35H39NO8/c1-18(2)34-27(43-34)16-33(40)32(4)13-12-22-23(17-41-30(22)39)24(32)15-26-35(33,44-26)31(34)42-28(37)14-21-10-11-25(36(21)5)29(38)20-8-6-19(3)7-9-20/h6-11,18,24,26-27,31,40H,12-17H2,1-5H3. The second kappa shape index (κ2) is 8.92. The Morgan fingerprint density at radius 2 is 1.86 bits per heavy atom. The van der Waals surface area contributed by atoms with Crippen LogP contribution in [0.25, 0.3) is 0 Å². The summed E-state index contributed by atoms with van der Waals surface area (Å²) in [5, 5.41) is 12.8. The number of benzene rings is 1. The van der Waals surface area contributed by atoms with E-state index in [1.807, 2.05) is 31.2 Å². The first-order valence-corrected chi connectivity index (χ1v) is 15.8. The molecule has 3 aliphatic carbocycles. The lowest BCUT2D eigenvalue weighted by Crippen LogP contribution is -2.74. The lowest BCUT2D eigenvalue weighted by Gasteiger charge is -2.60. The summed E-state index contributed by atoms with van der Waals surface area (Å²) in [5.74, 6) is -0.849. The quantitative estimate of drug-likeness (QED) is 0.302. The molecule has 4 fully saturated rings. The van der Waals surface area contributed by atoms with Crippen LogP contribution in [0.1, 0.15) is 73.8 Å². The minimum absolute atomic E-state index is 0.0231. The molecule has 232 valence electrons. The fourth-order valence-electron chi connectivity index (χ4n) is 9.52. The summed E-state index contributed by atoms with van der Waals surface area (Å²) in [6.45, 7) is 8.47. The number of carbonyl (C=O) groups is 3. The highest BCUT2D eigenvalue weighted by Gasteiger charge is 2.91. The molecule has 9 heteroatoms. The van der Waals surface area contributed by atoms with Crippen molar-refractivity contribution < 1.29 is 38.4 Å². The zero-order chi connectivity index (χ0) is 31.0. The number of hydrogen-bond acceptors (Lipinski definition) is 8.